The zero-order valence-corrected chi connectivity index (χ0v) is 12.2. The smallest absolute Gasteiger partial charge is 0.230 e. The van der Waals surface area contributed by atoms with Crippen LogP contribution < -0.4 is 5.32 Å². The molecule has 1 aromatic rings. The number of nitrogens with one attached hydrogen (secondary N) is 1. The van der Waals surface area contributed by atoms with Crippen molar-refractivity contribution in [3.05, 3.63) is 18.1 Å². The first-order chi connectivity index (χ1) is 9.34. The first-order valence-corrected chi connectivity index (χ1v) is 6.22. The number of rotatable bonds is 6. The van der Waals surface area contributed by atoms with Crippen molar-refractivity contribution in [2.75, 3.05) is 25.8 Å². The van der Waals surface area contributed by atoms with Crippen molar-refractivity contribution < 1.29 is 19.4 Å². The summed E-state index contributed by atoms with van der Waals surface area (Å²) in [6.07, 6.45) is 1.92. The first kappa shape index (κ1) is 16.5. The number of methoxy groups -OCH3 is 1. The van der Waals surface area contributed by atoms with Gasteiger partial charge in [-0.2, -0.15) is 0 Å². The minimum atomic E-state index is -0.884. The topological polar surface area (TPSA) is 93.6 Å². The highest BCUT2D eigenvalue weighted by Gasteiger charge is 2.21. The van der Waals surface area contributed by atoms with E-state index in [4.69, 9.17) is 9.47 Å². The molecule has 0 saturated carbocycles. The monoisotopic (exact) mass is 283 g/mol. The van der Waals surface area contributed by atoms with Crippen molar-refractivity contribution in [2.45, 2.75) is 26.9 Å². The molecule has 20 heavy (non-hydrogen) atoms. The summed E-state index contributed by atoms with van der Waals surface area (Å²) in [4.78, 5) is 19.8. The Bertz CT molecular complexity index is 428. The number of anilines is 1. The highest BCUT2D eigenvalue weighted by atomic mass is 16.7. The number of hydrogen-bond acceptors (Lipinski definition) is 6. The molecule has 1 heterocycles. The lowest BCUT2D eigenvalue weighted by atomic mass is 9.96. The largest absolute Gasteiger partial charge is 0.384 e. The second-order valence-corrected chi connectivity index (χ2v) is 5.32. The van der Waals surface area contributed by atoms with Crippen LogP contribution in [0.25, 0.3) is 0 Å². The Labute approximate surface area is 118 Å². The van der Waals surface area contributed by atoms with Gasteiger partial charge < -0.3 is 19.9 Å². The average molecular weight is 283 g/mol. The molecule has 112 valence electrons. The van der Waals surface area contributed by atoms with E-state index in [1.807, 2.05) is 0 Å². The average Bonchev–Trinajstić information content (AvgIpc) is 2.38. The number of nitrogens with zero attached hydrogens (tertiary/aromatic N) is 2. The minimum absolute atomic E-state index is 0.0657. The van der Waals surface area contributed by atoms with Crippen LogP contribution in [0.15, 0.2) is 12.4 Å². The van der Waals surface area contributed by atoms with E-state index >= 15 is 0 Å². The lowest BCUT2D eigenvalue weighted by Gasteiger charge is -2.17. The molecule has 2 N–H and O–H groups in total. The van der Waals surface area contributed by atoms with Crippen molar-refractivity contribution in [1.82, 2.24) is 9.97 Å². The predicted octanol–water partition coefficient (Wildman–Crippen LogP) is 1.12. The fourth-order valence-electron chi connectivity index (χ4n) is 1.21. The molecule has 0 fully saturated rings. The summed E-state index contributed by atoms with van der Waals surface area (Å²) in [5.74, 6) is 0.196. The molecule has 0 aliphatic rings. The number of aliphatic hydroxyl groups is 1. The summed E-state index contributed by atoms with van der Waals surface area (Å²) < 4.78 is 9.73. The maximum absolute atomic E-state index is 11.8. The van der Waals surface area contributed by atoms with E-state index in [-0.39, 0.29) is 19.3 Å². The van der Waals surface area contributed by atoms with Gasteiger partial charge in [-0.3, -0.25) is 9.78 Å². The lowest BCUT2D eigenvalue weighted by molar-refractivity contribution is -0.123. The molecular weight excluding hydrogens is 262 g/mol. The predicted molar refractivity (Wildman–Crippen MR) is 72.9 cm³/mol. The third kappa shape index (κ3) is 5.20. The number of hydrogen-bond donors (Lipinski definition) is 2. The fourth-order valence-corrected chi connectivity index (χ4v) is 1.21. The number of carbonyl (C=O) groups is 1. The Balaban J connectivity index is 2.58. The summed E-state index contributed by atoms with van der Waals surface area (Å²) in [6, 6.07) is 0. The first-order valence-electron chi connectivity index (χ1n) is 6.22. The number of aromatic nitrogens is 2. The van der Waals surface area contributed by atoms with Gasteiger partial charge in [-0.25, -0.2) is 4.98 Å². The molecular formula is C13H21N3O4. The molecule has 1 rings (SSSR count). The molecule has 0 bridgehead atoms. The Morgan fingerprint density at radius 3 is 2.60 bits per heavy atom. The molecule has 0 aliphatic carbocycles. The molecule has 0 aromatic carbocycles. The van der Waals surface area contributed by atoms with Crippen LogP contribution in [0.5, 0.6) is 0 Å². The lowest BCUT2D eigenvalue weighted by Crippen LogP contribution is -2.28. The van der Waals surface area contributed by atoms with E-state index in [9.17, 15) is 9.90 Å². The maximum atomic E-state index is 11.8. The highest BCUT2D eigenvalue weighted by Crippen LogP contribution is 2.16. The van der Waals surface area contributed by atoms with Crippen LogP contribution in [0.1, 0.15) is 32.6 Å². The van der Waals surface area contributed by atoms with Gasteiger partial charge in [-0.15, -0.1) is 0 Å². The van der Waals surface area contributed by atoms with Gasteiger partial charge in [0.05, 0.1) is 24.7 Å². The van der Waals surface area contributed by atoms with Gasteiger partial charge in [-0.1, -0.05) is 20.8 Å². The summed E-state index contributed by atoms with van der Waals surface area (Å²) in [6.45, 7) is 5.59. The Hall–Kier alpha value is -1.57. The van der Waals surface area contributed by atoms with Crippen molar-refractivity contribution in [3.63, 3.8) is 0 Å². The molecule has 0 unspecified atom stereocenters. The van der Waals surface area contributed by atoms with Gasteiger partial charge in [0.1, 0.15) is 12.9 Å². The maximum Gasteiger partial charge on any atom is 0.230 e. The van der Waals surface area contributed by atoms with Crippen LogP contribution in [0.4, 0.5) is 5.82 Å². The van der Waals surface area contributed by atoms with E-state index in [1.165, 1.54) is 19.5 Å². The van der Waals surface area contributed by atoms with E-state index < -0.39 is 11.5 Å². The molecule has 0 radical (unpaired) electrons. The van der Waals surface area contributed by atoms with Gasteiger partial charge in [-0.05, 0) is 0 Å². The Morgan fingerprint density at radius 1 is 1.40 bits per heavy atom. The third-order valence-electron chi connectivity index (χ3n) is 2.41. The number of carbonyl (C=O) groups excluding carboxylic acids is 1. The zero-order valence-electron chi connectivity index (χ0n) is 12.2. The van der Waals surface area contributed by atoms with Crippen molar-refractivity contribution in [2.24, 2.45) is 5.41 Å². The van der Waals surface area contributed by atoms with Crippen molar-refractivity contribution in [3.8, 4) is 0 Å². The van der Waals surface area contributed by atoms with Crippen LogP contribution in [0.3, 0.4) is 0 Å². The summed E-state index contributed by atoms with van der Waals surface area (Å²) in [5, 5.41) is 12.4. The number of aliphatic hydroxyl groups excluding tert-OH is 1. The van der Waals surface area contributed by atoms with Gasteiger partial charge >= 0.3 is 0 Å². The van der Waals surface area contributed by atoms with E-state index in [0.29, 0.717) is 11.5 Å². The molecule has 0 aliphatic heterocycles. The highest BCUT2D eigenvalue weighted by molar-refractivity contribution is 5.93. The molecule has 0 saturated heterocycles. The Kier molecular flexibility index (Phi) is 6.00. The van der Waals surface area contributed by atoms with Crippen LogP contribution in [0, 0.1) is 5.41 Å². The molecule has 1 amide bonds. The molecule has 7 nitrogen and oxygen atoms in total. The molecule has 1 aromatic heterocycles. The van der Waals surface area contributed by atoms with Gasteiger partial charge in [0, 0.05) is 12.5 Å². The van der Waals surface area contributed by atoms with Gasteiger partial charge in [0.2, 0.25) is 5.91 Å². The summed E-state index contributed by atoms with van der Waals surface area (Å²) >= 11 is 0. The fraction of sp³-hybridized carbons (Fsp3) is 0.615. The number of ether oxygens (including phenoxy) is 2. The van der Waals surface area contributed by atoms with Gasteiger partial charge in [0.15, 0.2) is 5.82 Å². The molecule has 7 heteroatoms. The minimum Gasteiger partial charge on any atom is -0.384 e. The van der Waals surface area contributed by atoms with Gasteiger partial charge in [0.25, 0.3) is 0 Å². The number of amides is 1. The van der Waals surface area contributed by atoms with Crippen molar-refractivity contribution >= 4 is 11.7 Å². The summed E-state index contributed by atoms with van der Waals surface area (Å²) in [7, 11) is 1.50. The van der Waals surface area contributed by atoms with E-state index in [0.717, 1.165) is 0 Å². The van der Waals surface area contributed by atoms with Crippen LogP contribution >= 0.6 is 0 Å². The second kappa shape index (κ2) is 7.28. The quantitative estimate of drug-likeness (QED) is 0.600. The van der Waals surface area contributed by atoms with Crippen LogP contribution in [-0.4, -0.2) is 41.5 Å². The van der Waals surface area contributed by atoms with E-state index in [1.54, 1.807) is 20.8 Å². The zero-order chi connectivity index (χ0) is 15.2. The molecule has 0 spiro atoms. The van der Waals surface area contributed by atoms with Crippen molar-refractivity contribution in [1.29, 1.82) is 0 Å². The second-order valence-electron chi connectivity index (χ2n) is 5.32. The van der Waals surface area contributed by atoms with Crippen LogP contribution in [-0.2, 0) is 14.3 Å². The summed E-state index contributed by atoms with van der Waals surface area (Å²) in [5.41, 5.74) is -0.136. The SMILES string of the molecule is COCOC[C@@H](O)c1cnc(NC(=O)C(C)(C)C)cn1. The molecule has 1 atom stereocenters. The normalized spacial score (nSPS) is 13.1. The standard InChI is InChI=1S/C13H21N3O4/c1-13(2,3)12(18)16-11-6-14-9(5-15-11)10(17)7-20-8-19-4/h5-6,10,17H,7-8H2,1-4H3,(H,15,16,18)/t10-/m1/s1. The van der Waals surface area contributed by atoms with Crippen LogP contribution in [0.2, 0.25) is 0 Å². The Morgan fingerprint density at radius 2 is 2.10 bits per heavy atom. The third-order valence-corrected chi connectivity index (χ3v) is 2.41. The van der Waals surface area contributed by atoms with E-state index in [2.05, 4.69) is 15.3 Å².